The maximum atomic E-state index is 12.0. The molecule has 0 fully saturated rings. The number of nitrogens with zero attached hydrogens (tertiary/aromatic N) is 1. The van der Waals surface area contributed by atoms with Crippen molar-refractivity contribution >= 4 is 11.7 Å². The highest BCUT2D eigenvalue weighted by Gasteiger charge is 2.27. The average molecular weight is 234 g/mol. The van der Waals surface area contributed by atoms with E-state index in [1.165, 1.54) is 0 Å². The second-order valence-electron chi connectivity index (χ2n) is 4.62. The number of hydrogen-bond acceptors (Lipinski definition) is 2. The molecule has 1 aromatic rings. The molecule has 0 aliphatic carbocycles. The first-order valence-electron chi connectivity index (χ1n) is 5.94. The smallest absolute Gasteiger partial charge is 0.322 e. The highest BCUT2D eigenvalue weighted by atomic mass is 16.3. The Morgan fingerprint density at radius 1 is 1.47 bits per heavy atom. The largest absolute Gasteiger partial charge is 0.388 e. The van der Waals surface area contributed by atoms with Crippen molar-refractivity contribution in [3.8, 4) is 0 Å². The lowest BCUT2D eigenvalue weighted by atomic mass is 9.99. The summed E-state index contributed by atoms with van der Waals surface area (Å²) < 4.78 is 0. The van der Waals surface area contributed by atoms with Crippen molar-refractivity contribution in [1.82, 2.24) is 5.32 Å². The predicted octanol–water partition coefficient (Wildman–Crippen LogP) is 2.05. The van der Waals surface area contributed by atoms with E-state index in [4.69, 9.17) is 0 Å². The molecule has 0 saturated carbocycles. The first-order valence-corrected chi connectivity index (χ1v) is 5.94. The summed E-state index contributed by atoms with van der Waals surface area (Å²) in [6.45, 7) is 4.42. The second-order valence-corrected chi connectivity index (χ2v) is 4.62. The van der Waals surface area contributed by atoms with Crippen molar-refractivity contribution in [2.45, 2.75) is 32.4 Å². The number of benzene rings is 1. The van der Waals surface area contributed by atoms with Crippen molar-refractivity contribution in [3.63, 3.8) is 0 Å². The van der Waals surface area contributed by atoms with Crippen LogP contribution in [0.5, 0.6) is 0 Å². The van der Waals surface area contributed by atoms with E-state index in [2.05, 4.69) is 5.32 Å². The summed E-state index contributed by atoms with van der Waals surface area (Å²) in [7, 11) is 0. The summed E-state index contributed by atoms with van der Waals surface area (Å²) in [5.74, 6) is 0. The molecule has 1 heterocycles. The number of fused-ring (bicyclic) bond motifs is 1. The van der Waals surface area contributed by atoms with Gasteiger partial charge in [0.1, 0.15) is 0 Å². The quantitative estimate of drug-likeness (QED) is 0.781. The van der Waals surface area contributed by atoms with Crippen LogP contribution in [-0.4, -0.2) is 23.7 Å². The third-order valence-electron chi connectivity index (χ3n) is 2.87. The van der Waals surface area contributed by atoms with Gasteiger partial charge in [0.25, 0.3) is 0 Å². The number of aliphatic hydroxyl groups is 1. The molecule has 2 N–H and O–H groups in total. The first kappa shape index (κ1) is 11.9. The molecule has 17 heavy (non-hydrogen) atoms. The van der Waals surface area contributed by atoms with Crippen LogP contribution in [0.1, 0.15) is 31.9 Å². The molecule has 1 atom stereocenters. The van der Waals surface area contributed by atoms with Gasteiger partial charge < -0.3 is 10.4 Å². The van der Waals surface area contributed by atoms with E-state index < -0.39 is 6.10 Å². The number of aliphatic hydroxyl groups excluding tert-OH is 1. The number of carbonyl (C=O) groups excluding carboxylic acids is 1. The lowest BCUT2D eigenvalue weighted by Crippen LogP contribution is -2.45. The maximum Gasteiger partial charge on any atom is 0.322 e. The van der Waals surface area contributed by atoms with E-state index in [1.807, 2.05) is 38.1 Å². The lowest BCUT2D eigenvalue weighted by molar-refractivity contribution is 0.164. The molecule has 0 bridgehead atoms. The monoisotopic (exact) mass is 234 g/mol. The average Bonchev–Trinajstić information content (AvgIpc) is 2.29. The fourth-order valence-electron chi connectivity index (χ4n) is 2.08. The number of urea groups is 1. The number of rotatable bonds is 1. The van der Waals surface area contributed by atoms with Crippen LogP contribution in [0.2, 0.25) is 0 Å². The van der Waals surface area contributed by atoms with Gasteiger partial charge in [0.2, 0.25) is 0 Å². The van der Waals surface area contributed by atoms with Crippen LogP contribution < -0.4 is 10.2 Å². The molecular formula is C13H18N2O2. The lowest BCUT2D eigenvalue weighted by Gasteiger charge is -2.32. The van der Waals surface area contributed by atoms with E-state index in [-0.39, 0.29) is 12.1 Å². The van der Waals surface area contributed by atoms with Gasteiger partial charge in [-0.3, -0.25) is 4.90 Å². The van der Waals surface area contributed by atoms with Crippen LogP contribution in [0.25, 0.3) is 0 Å². The Kier molecular flexibility index (Phi) is 3.33. The fraction of sp³-hybridized carbons (Fsp3) is 0.462. The van der Waals surface area contributed by atoms with E-state index in [0.717, 1.165) is 11.3 Å². The van der Waals surface area contributed by atoms with Crippen LogP contribution in [0, 0.1) is 0 Å². The maximum absolute atomic E-state index is 12.0. The molecule has 0 radical (unpaired) electrons. The summed E-state index contributed by atoms with van der Waals surface area (Å²) in [6.07, 6.45) is 0.122. The van der Waals surface area contributed by atoms with Crippen molar-refractivity contribution in [3.05, 3.63) is 29.8 Å². The van der Waals surface area contributed by atoms with Gasteiger partial charge in [0.15, 0.2) is 0 Å². The van der Waals surface area contributed by atoms with Crippen LogP contribution in [0.15, 0.2) is 24.3 Å². The summed E-state index contributed by atoms with van der Waals surface area (Å²) in [6, 6.07) is 7.52. The fourth-order valence-corrected chi connectivity index (χ4v) is 2.08. The summed E-state index contributed by atoms with van der Waals surface area (Å²) in [5, 5.41) is 12.8. The molecular weight excluding hydrogens is 216 g/mol. The van der Waals surface area contributed by atoms with Gasteiger partial charge >= 0.3 is 6.03 Å². The Bertz CT molecular complexity index is 418. The highest BCUT2D eigenvalue weighted by Crippen LogP contribution is 2.33. The van der Waals surface area contributed by atoms with Gasteiger partial charge in [0.05, 0.1) is 11.8 Å². The SMILES string of the molecule is CC(C)NC(=O)N1CCC(O)c2ccccc21. The molecule has 2 amide bonds. The third-order valence-corrected chi connectivity index (χ3v) is 2.87. The number of anilines is 1. The molecule has 1 unspecified atom stereocenters. The van der Waals surface area contributed by atoms with E-state index >= 15 is 0 Å². The van der Waals surface area contributed by atoms with Crippen LogP contribution >= 0.6 is 0 Å². The Morgan fingerprint density at radius 2 is 2.18 bits per heavy atom. The minimum atomic E-state index is -0.464. The number of para-hydroxylation sites is 1. The van der Waals surface area contributed by atoms with Gasteiger partial charge in [-0.1, -0.05) is 18.2 Å². The molecule has 4 nitrogen and oxygen atoms in total. The van der Waals surface area contributed by atoms with Crippen molar-refractivity contribution in [1.29, 1.82) is 0 Å². The van der Waals surface area contributed by atoms with Gasteiger partial charge in [-0.2, -0.15) is 0 Å². The third kappa shape index (κ3) is 2.42. The zero-order valence-electron chi connectivity index (χ0n) is 10.2. The molecule has 2 rings (SSSR count). The Hall–Kier alpha value is -1.55. The zero-order valence-corrected chi connectivity index (χ0v) is 10.2. The number of amides is 2. The number of carbonyl (C=O) groups is 1. The highest BCUT2D eigenvalue weighted by molar-refractivity contribution is 5.93. The Balaban J connectivity index is 2.27. The molecule has 1 aromatic carbocycles. The van der Waals surface area contributed by atoms with Crippen molar-refractivity contribution in [2.75, 3.05) is 11.4 Å². The van der Waals surface area contributed by atoms with Crippen LogP contribution in [-0.2, 0) is 0 Å². The summed E-state index contributed by atoms with van der Waals surface area (Å²) in [4.78, 5) is 13.7. The summed E-state index contributed by atoms with van der Waals surface area (Å²) in [5.41, 5.74) is 1.64. The standard InChI is InChI=1S/C13H18N2O2/c1-9(2)14-13(17)15-8-7-12(16)10-5-3-4-6-11(10)15/h3-6,9,12,16H,7-8H2,1-2H3,(H,14,17). The van der Waals surface area contributed by atoms with E-state index in [1.54, 1.807) is 4.90 Å². The Morgan fingerprint density at radius 3 is 2.88 bits per heavy atom. The van der Waals surface area contributed by atoms with E-state index in [0.29, 0.717) is 13.0 Å². The van der Waals surface area contributed by atoms with Crippen LogP contribution in [0.3, 0.4) is 0 Å². The molecule has 4 heteroatoms. The molecule has 0 spiro atoms. The molecule has 92 valence electrons. The molecule has 0 saturated heterocycles. The number of nitrogens with one attached hydrogen (secondary N) is 1. The van der Waals surface area contributed by atoms with Gasteiger partial charge in [0, 0.05) is 18.2 Å². The second kappa shape index (κ2) is 4.75. The van der Waals surface area contributed by atoms with Crippen LogP contribution in [0.4, 0.5) is 10.5 Å². The number of hydrogen-bond donors (Lipinski definition) is 2. The predicted molar refractivity (Wildman–Crippen MR) is 67.0 cm³/mol. The van der Waals surface area contributed by atoms with Gasteiger partial charge in [-0.25, -0.2) is 4.79 Å². The topological polar surface area (TPSA) is 52.6 Å². The minimum Gasteiger partial charge on any atom is -0.388 e. The minimum absolute atomic E-state index is 0.0978. The van der Waals surface area contributed by atoms with Gasteiger partial charge in [-0.05, 0) is 26.3 Å². The van der Waals surface area contributed by atoms with Crippen molar-refractivity contribution < 1.29 is 9.90 Å². The van der Waals surface area contributed by atoms with Crippen molar-refractivity contribution in [2.24, 2.45) is 0 Å². The normalized spacial score (nSPS) is 19.1. The van der Waals surface area contributed by atoms with E-state index in [9.17, 15) is 9.90 Å². The zero-order chi connectivity index (χ0) is 12.4. The molecule has 1 aliphatic rings. The van der Waals surface area contributed by atoms with Gasteiger partial charge in [-0.15, -0.1) is 0 Å². The Labute approximate surface area is 101 Å². The first-order chi connectivity index (χ1) is 8.09. The molecule has 1 aliphatic heterocycles. The summed E-state index contributed by atoms with van der Waals surface area (Å²) >= 11 is 0. The molecule has 0 aromatic heterocycles.